The third kappa shape index (κ3) is 20.2. The maximum Gasteiger partial charge on any atom is 0.340 e. The fraction of sp³-hybridized carbons (Fsp3) is 0.541. The summed E-state index contributed by atoms with van der Waals surface area (Å²) in [5.41, 5.74) is -1.01. The van der Waals surface area contributed by atoms with Crippen molar-refractivity contribution in [1.82, 2.24) is 0 Å². The van der Waals surface area contributed by atoms with Crippen molar-refractivity contribution < 1.29 is 66.2 Å². The number of aliphatic hydroxyl groups is 1. The van der Waals surface area contributed by atoms with Gasteiger partial charge in [-0.1, -0.05) is 214 Å². The highest BCUT2D eigenvalue weighted by atomic mass is 35.5. The Morgan fingerprint density at radius 2 is 0.857 bits per heavy atom. The Labute approximate surface area is 553 Å². The first kappa shape index (κ1) is 78.2. The van der Waals surface area contributed by atoms with Gasteiger partial charge in [-0.2, -0.15) is 0 Å². The summed E-state index contributed by atoms with van der Waals surface area (Å²) >= 11 is 4.96. The zero-order chi connectivity index (χ0) is 68.2. The molecule has 4 aromatic rings. The van der Waals surface area contributed by atoms with Gasteiger partial charge in [-0.3, -0.25) is 0 Å². The van der Waals surface area contributed by atoms with Gasteiger partial charge in [0, 0.05) is 67.0 Å². The van der Waals surface area contributed by atoms with Crippen molar-refractivity contribution in [1.29, 1.82) is 0 Å². The van der Waals surface area contributed by atoms with Gasteiger partial charge in [-0.25, -0.2) is 9.59 Å². The Kier molecular flexibility index (Phi) is 29.5. The van der Waals surface area contributed by atoms with E-state index in [1.54, 1.807) is 67.9 Å². The molecule has 4 aromatic carbocycles. The van der Waals surface area contributed by atoms with Gasteiger partial charge in [0.1, 0.15) is 24.4 Å². The van der Waals surface area contributed by atoms with Crippen molar-refractivity contribution in [2.24, 2.45) is 23.7 Å². The lowest BCUT2D eigenvalue weighted by Crippen LogP contribution is -2.67. The molecule has 1 N–H and O–H groups in total. The van der Waals surface area contributed by atoms with E-state index in [9.17, 15) is 14.7 Å². The van der Waals surface area contributed by atoms with Crippen LogP contribution >= 0.6 is 11.6 Å². The van der Waals surface area contributed by atoms with Crippen LogP contribution in [0.2, 0.25) is 10.1 Å². The molecule has 14 nitrogen and oxygen atoms in total. The average Bonchev–Trinajstić information content (AvgIpc) is 0.851. The highest BCUT2D eigenvalue weighted by Gasteiger charge is 2.53. The summed E-state index contributed by atoms with van der Waals surface area (Å²) in [6, 6.07) is 42.7. The number of hydrogen-bond acceptors (Lipinski definition) is 14. The second-order valence-corrected chi connectivity index (χ2v) is 36.4. The van der Waals surface area contributed by atoms with Gasteiger partial charge < -0.3 is 56.6 Å². The predicted molar refractivity (Wildman–Crippen MR) is 371 cm³/mol. The third-order valence-corrected chi connectivity index (χ3v) is 27.0. The normalized spacial score (nSPS) is 18.5. The molecule has 0 fully saturated rings. The summed E-state index contributed by atoms with van der Waals surface area (Å²) in [6.07, 6.45) is 3.05. The maximum absolute atomic E-state index is 12.8. The van der Waals surface area contributed by atoms with Crippen LogP contribution in [0.4, 0.5) is 0 Å². The van der Waals surface area contributed by atoms with E-state index in [1.807, 2.05) is 32.9 Å². The Balaban J connectivity index is 0.000000367. The third-order valence-electron chi connectivity index (χ3n) is 16.8. The Bertz CT molecular complexity index is 2880. The van der Waals surface area contributed by atoms with Crippen LogP contribution in [-0.4, -0.2) is 122 Å². The fourth-order valence-electron chi connectivity index (χ4n) is 12.8. The number of aliphatic hydroxyl groups excluding tert-OH is 1. The largest absolute Gasteiger partial charge is 0.456 e. The van der Waals surface area contributed by atoms with Gasteiger partial charge in [0.25, 0.3) is 16.6 Å². The number of carbonyl (C=O) groups excluding carboxylic acids is 2. The van der Waals surface area contributed by atoms with E-state index in [0.29, 0.717) is 61.4 Å². The molecule has 2 aliphatic heterocycles. The molecule has 504 valence electrons. The van der Waals surface area contributed by atoms with Crippen LogP contribution < -0.4 is 20.7 Å². The quantitative estimate of drug-likeness (QED) is 0.0173. The van der Waals surface area contributed by atoms with Crippen LogP contribution in [0.3, 0.4) is 0 Å². The Hall–Kier alpha value is -5.22. The fourth-order valence-corrected chi connectivity index (χ4v) is 22.2. The highest BCUT2D eigenvalue weighted by Crippen LogP contribution is 2.43. The summed E-state index contributed by atoms with van der Waals surface area (Å²) < 4.78 is 66.5. The molecule has 91 heavy (non-hydrogen) atoms. The minimum atomic E-state index is -2.73. The topological polar surface area (TPSA) is 156 Å². The SMILES string of the molecule is C=CCO[C@](C)(C[C@@H](C)CO[Si](c1ccccc1)(c1ccccc1)C(C)(C)C)[C@H](O)[C@@H](C)C1=C(C)C(=O)OC(C)(C)O1.C=CCO[C@](C)(C[C@@H](C)CO[Si](c1ccccc1)(c1ccccc1)C(C)(C)C)[C@H](OCOC)[C@@H](C)C1=C(C)C(=O)OC(C)(C)O1.COCCl. The molecule has 0 bridgehead atoms. The first-order chi connectivity index (χ1) is 42.6. The van der Waals surface area contributed by atoms with Crippen molar-refractivity contribution in [2.45, 2.75) is 183 Å². The number of cyclic esters (lactones) is 2. The van der Waals surface area contributed by atoms with Crippen LogP contribution in [0, 0.1) is 23.7 Å². The van der Waals surface area contributed by atoms with E-state index in [-0.39, 0.29) is 41.2 Å². The molecule has 0 saturated heterocycles. The molecule has 0 aliphatic carbocycles. The van der Waals surface area contributed by atoms with E-state index < -0.39 is 69.5 Å². The lowest BCUT2D eigenvalue weighted by atomic mass is 9.80. The molecule has 0 unspecified atom stereocenters. The van der Waals surface area contributed by atoms with E-state index in [0.717, 1.165) is 0 Å². The summed E-state index contributed by atoms with van der Waals surface area (Å²) in [7, 11) is -2.31. The molecule has 0 saturated carbocycles. The molecule has 8 atom stereocenters. The average molecular weight is 1310 g/mol. The molecule has 0 spiro atoms. The second-order valence-electron chi connectivity index (χ2n) is 27.6. The first-order valence-electron chi connectivity index (χ1n) is 31.7. The van der Waals surface area contributed by atoms with Crippen LogP contribution in [0.25, 0.3) is 0 Å². The number of methoxy groups -OCH3 is 2. The highest BCUT2D eigenvalue weighted by molar-refractivity contribution is 7.00. The van der Waals surface area contributed by atoms with Crippen LogP contribution in [0.5, 0.6) is 0 Å². The number of carbonyl (C=O) groups is 2. The number of esters is 2. The van der Waals surface area contributed by atoms with Crippen molar-refractivity contribution in [3.63, 3.8) is 0 Å². The molecule has 2 heterocycles. The molecule has 0 radical (unpaired) electrons. The molecule has 6 rings (SSSR count). The van der Waals surface area contributed by atoms with Gasteiger partial charge in [-0.15, -0.1) is 13.2 Å². The van der Waals surface area contributed by atoms with E-state index in [1.165, 1.54) is 20.7 Å². The van der Waals surface area contributed by atoms with Crippen LogP contribution in [-0.2, 0) is 61.1 Å². The monoisotopic (exact) mass is 1310 g/mol. The van der Waals surface area contributed by atoms with Crippen molar-refractivity contribution in [2.75, 3.05) is 53.5 Å². The number of halogens is 1. The van der Waals surface area contributed by atoms with Crippen LogP contribution in [0.15, 0.2) is 169 Å². The zero-order valence-corrected chi connectivity index (χ0v) is 61.1. The lowest BCUT2D eigenvalue weighted by molar-refractivity contribution is -0.224. The molecule has 0 aromatic heterocycles. The molecule has 17 heteroatoms. The molecule has 0 amide bonds. The molecule has 2 aliphatic rings. The number of alkyl halides is 1. The van der Waals surface area contributed by atoms with E-state index in [2.05, 4.69) is 189 Å². The number of ether oxygens (including phenoxy) is 9. The zero-order valence-electron chi connectivity index (χ0n) is 58.4. The minimum Gasteiger partial charge on any atom is -0.456 e. The molecular weight excluding hydrogens is 1200 g/mol. The Morgan fingerprint density at radius 3 is 1.16 bits per heavy atom. The summed E-state index contributed by atoms with van der Waals surface area (Å²) in [5.74, 6) is -2.87. The van der Waals surface area contributed by atoms with Gasteiger partial charge in [0.05, 0.1) is 47.8 Å². The number of rotatable bonds is 30. The van der Waals surface area contributed by atoms with Crippen molar-refractivity contribution in [3.05, 3.63) is 169 Å². The first-order valence-corrected chi connectivity index (χ1v) is 36.1. The van der Waals surface area contributed by atoms with Gasteiger partial charge in [0.15, 0.2) is 0 Å². The van der Waals surface area contributed by atoms with E-state index >= 15 is 0 Å². The van der Waals surface area contributed by atoms with Gasteiger partial charge in [0.2, 0.25) is 11.6 Å². The number of hydrogen-bond donors (Lipinski definition) is 1. The number of benzene rings is 4. The lowest BCUT2D eigenvalue weighted by Gasteiger charge is -2.45. The summed E-state index contributed by atoms with van der Waals surface area (Å²) in [5, 5.41) is 16.4. The molecular formula is C74H109ClO14Si2. The Morgan fingerprint density at radius 1 is 0.538 bits per heavy atom. The maximum atomic E-state index is 12.8. The second kappa shape index (κ2) is 34.3. The smallest absolute Gasteiger partial charge is 0.340 e. The van der Waals surface area contributed by atoms with Crippen molar-refractivity contribution >= 4 is 60.9 Å². The van der Waals surface area contributed by atoms with E-state index in [4.69, 9.17) is 58.3 Å². The standard InChI is InChI=1S/C37H54O7Si.C35H50O6Si.C2H5ClO/c1-12-23-41-37(10,33(40-26-39-11)28(3)32-29(4)34(38)44-36(8,9)43-32)24-27(2)25-42-45(35(5,6)7,30-19-15-13-16-20-30)31-21-17-14-18-22-31;1-11-22-38-35(10,31(36)26(3)30-27(4)32(37)41-34(8,9)40-30)23-25(2)24-39-42(33(5,6)7,28-18-14-12-15-19-28)29-20-16-13-17-21-29;1-4-2-3/h12-22,27-28,33H,1,23-26H2,2-11H3;11-21,25-26,31,36H,1,22-24H2,2-10H3;2H2,1H3/t27-,28+,33-,37-;25-,26+,31-,35-;/m11./s1. The summed E-state index contributed by atoms with van der Waals surface area (Å²) in [6.45, 7) is 45.4. The predicted octanol–water partition coefficient (Wildman–Crippen LogP) is 13.7. The van der Waals surface area contributed by atoms with Gasteiger partial charge in [-0.05, 0) is 83.2 Å². The van der Waals surface area contributed by atoms with Gasteiger partial charge >= 0.3 is 11.9 Å². The minimum absolute atomic E-state index is 0.0343. The van der Waals surface area contributed by atoms with Crippen molar-refractivity contribution in [3.8, 4) is 0 Å². The summed E-state index contributed by atoms with van der Waals surface area (Å²) in [4.78, 5) is 25.3. The van der Waals surface area contributed by atoms with Crippen LogP contribution in [0.1, 0.15) is 137 Å².